The molecule has 3 N–H and O–H groups in total. The molecule has 0 aliphatic carbocycles. The predicted octanol–water partition coefficient (Wildman–Crippen LogP) is 1.80. The summed E-state index contributed by atoms with van der Waals surface area (Å²) >= 11 is 0. The summed E-state index contributed by atoms with van der Waals surface area (Å²) in [5.41, 5.74) is 1.45. The van der Waals surface area contributed by atoms with Gasteiger partial charge in [0.1, 0.15) is 17.9 Å². The average Bonchev–Trinajstić information content (AvgIpc) is 2.49. The summed E-state index contributed by atoms with van der Waals surface area (Å²) in [5, 5.41) is 14.1. The number of rotatable bonds is 8. The molecule has 2 atom stereocenters. The van der Waals surface area contributed by atoms with E-state index < -0.39 is 35.7 Å². The maximum Gasteiger partial charge on any atom is 0.326 e. The van der Waals surface area contributed by atoms with Crippen LogP contribution in [0, 0.1) is 5.82 Å². The molecule has 0 saturated carbocycles. The first kappa shape index (κ1) is 20.3. The lowest BCUT2D eigenvalue weighted by Crippen LogP contribution is -2.52. The van der Waals surface area contributed by atoms with Gasteiger partial charge in [-0.15, -0.1) is 0 Å². The molecule has 1 aromatic rings. The Morgan fingerprint density at radius 1 is 1.16 bits per heavy atom. The number of nitrogens with one attached hydrogen (secondary N) is 2. The normalized spacial score (nSPS) is 12.6. The number of benzene rings is 1. The predicted molar refractivity (Wildman–Crippen MR) is 91.3 cm³/mol. The zero-order chi connectivity index (χ0) is 19.0. The Bertz CT molecular complexity index is 669. The first-order chi connectivity index (χ1) is 11.7. The summed E-state index contributed by atoms with van der Waals surface area (Å²) in [5.74, 6) is -2.69. The van der Waals surface area contributed by atoms with E-state index in [0.717, 1.165) is 5.57 Å². The number of carboxylic acids is 1. The molecule has 0 unspecified atom stereocenters. The van der Waals surface area contributed by atoms with Crippen LogP contribution in [0.4, 0.5) is 4.39 Å². The third-order valence-corrected chi connectivity index (χ3v) is 3.40. The molecule has 2 amide bonds. The average molecular weight is 350 g/mol. The lowest BCUT2D eigenvalue weighted by Gasteiger charge is -2.20. The van der Waals surface area contributed by atoms with Crippen molar-refractivity contribution in [3.63, 3.8) is 0 Å². The molecule has 1 aromatic carbocycles. The van der Waals surface area contributed by atoms with E-state index >= 15 is 0 Å². The van der Waals surface area contributed by atoms with Gasteiger partial charge in [0, 0.05) is 13.3 Å². The molecule has 0 fully saturated rings. The van der Waals surface area contributed by atoms with Gasteiger partial charge in [-0.05, 0) is 38.0 Å². The third-order valence-electron chi connectivity index (χ3n) is 3.40. The van der Waals surface area contributed by atoms with Crippen molar-refractivity contribution in [1.82, 2.24) is 10.6 Å². The van der Waals surface area contributed by atoms with Crippen molar-refractivity contribution >= 4 is 17.8 Å². The summed E-state index contributed by atoms with van der Waals surface area (Å²) in [7, 11) is 0. The van der Waals surface area contributed by atoms with Crippen molar-refractivity contribution in [3.05, 3.63) is 47.3 Å². The van der Waals surface area contributed by atoms with E-state index in [1.54, 1.807) is 12.1 Å². The van der Waals surface area contributed by atoms with Crippen LogP contribution in [-0.2, 0) is 20.8 Å². The van der Waals surface area contributed by atoms with Crippen LogP contribution >= 0.6 is 0 Å². The number of carbonyl (C=O) groups is 3. The van der Waals surface area contributed by atoms with E-state index in [-0.39, 0.29) is 12.8 Å². The first-order valence-corrected chi connectivity index (χ1v) is 7.87. The Balaban J connectivity index is 2.89. The van der Waals surface area contributed by atoms with E-state index in [0.29, 0.717) is 5.56 Å². The van der Waals surface area contributed by atoms with Crippen LogP contribution in [0.25, 0.3) is 0 Å². The Morgan fingerprint density at radius 3 is 2.36 bits per heavy atom. The lowest BCUT2D eigenvalue weighted by atomic mass is 10.0. The van der Waals surface area contributed by atoms with Gasteiger partial charge in [-0.25, -0.2) is 9.18 Å². The zero-order valence-electron chi connectivity index (χ0n) is 14.5. The minimum atomic E-state index is -1.17. The molecular weight excluding hydrogens is 327 g/mol. The molecule has 25 heavy (non-hydrogen) atoms. The van der Waals surface area contributed by atoms with Crippen LogP contribution in [0.1, 0.15) is 32.8 Å². The van der Waals surface area contributed by atoms with Gasteiger partial charge >= 0.3 is 5.97 Å². The molecular formula is C18H23FN2O4. The van der Waals surface area contributed by atoms with Gasteiger partial charge in [-0.1, -0.05) is 23.8 Å². The first-order valence-electron chi connectivity index (χ1n) is 7.87. The van der Waals surface area contributed by atoms with Crippen molar-refractivity contribution < 1.29 is 23.9 Å². The Morgan fingerprint density at radius 2 is 1.84 bits per heavy atom. The summed E-state index contributed by atoms with van der Waals surface area (Å²) < 4.78 is 13.3. The van der Waals surface area contributed by atoms with Gasteiger partial charge in [0.25, 0.3) is 0 Å². The van der Waals surface area contributed by atoms with Crippen molar-refractivity contribution in [2.24, 2.45) is 0 Å². The standard InChI is InChI=1S/C18H23FN2O4/c1-11(2)7-8-15(18(24)25)21-17(23)16(20-12(3)22)10-13-5-4-6-14(19)9-13/h4-7,9,15-16H,8,10H2,1-3H3,(H,20,22)(H,21,23)(H,24,25)/t15-,16+/m0/s1. The van der Waals surface area contributed by atoms with Gasteiger partial charge in [-0.3, -0.25) is 9.59 Å². The van der Waals surface area contributed by atoms with E-state index in [1.807, 2.05) is 13.8 Å². The highest BCUT2D eigenvalue weighted by Crippen LogP contribution is 2.08. The second-order valence-corrected chi connectivity index (χ2v) is 6.00. The van der Waals surface area contributed by atoms with Crippen LogP contribution in [0.2, 0.25) is 0 Å². The summed E-state index contributed by atoms with van der Waals surface area (Å²) in [4.78, 5) is 35.1. The third kappa shape index (κ3) is 7.60. The van der Waals surface area contributed by atoms with E-state index in [2.05, 4.69) is 10.6 Å². The smallest absolute Gasteiger partial charge is 0.326 e. The number of aliphatic carboxylic acids is 1. The molecule has 6 nitrogen and oxygen atoms in total. The Hall–Kier alpha value is -2.70. The molecule has 1 rings (SSSR count). The summed E-state index contributed by atoms with van der Waals surface area (Å²) in [6.45, 7) is 4.90. The SMILES string of the molecule is CC(=O)N[C@H](Cc1cccc(F)c1)C(=O)N[C@@H](CC=C(C)C)C(=O)O. The van der Waals surface area contributed by atoms with Crippen LogP contribution in [-0.4, -0.2) is 35.0 Å². The maximum atomic E-state index is 13.3. The highest BCUT2D eigenvalue weighted by molar-refractivity contribution is 5.90. The van der Waals surface area contributed by atoms with Crippen LogP contribution in [0.5, 0.6) is 0 Å². The van der Waals surface area contributed by atoms with Gasteiger partial charge in [0.05, 0.1) is 0 Å². The monoisotopic (exact) mass is 350 g/mol. The summed E-state index contributed by atoms with van der Waals surface area (Å²) in [6, 6.07) is 3.57. The van der Waals surface area contributed by atoms with Crippen LogP contribution in [0.15, 0.2) is 35.9 Å². The topological polar surface area (TPSA) is 95.5 Å². The Kier molecular flexibility index (Phi) is 7.78. The molecule has 7 heteroatoms. The fourth-order valence-corrected chi connectivity index (χ4v) is 2.20. The van der Waals surface area contributed by atoms with E-state index in [1.165, 1.54) is 25.1 Å². The maximum absolute atomic E-state index is 13.3. The van der Waals surface area contributed by atoms with Gasteiger partial charge in [0.15, 0.2) is 0 Å². The van der Waals surface area contributed by atoms with Crippen molar-refractivity contribution in [2.75, 3.05) is 0 Å². The van der Waals surface area contributed by atoms with Gasteiger partial charge in [-0.2, -0.15) is 0 Å². The molecule has 0 spiro atoms. The molecule has 136 valence electrons. The van der Waals surface area contributed by atoms with E-state index in [9.17, 15) is 23.9 Å². The number of hydrogen-bond donors (Lipinski definition) is 3. The summed E-state index contributed by atoms with van der Waals surface area (Å²) in [6.07, 6.45) is 1.90. The molecule has 0 aliphatic heterocycles. The fraction of sp³-hybridized carbons (Fsp3) is 0.389. The van der Waals surface area contributed by atoms with Gasteiger partial charge in [0.2, 0.25) is 11.8 Å². The lowest BCUT2D eigenvalue weighted by molar-refractivity contribution is -0.142. The van der Waals surface area contributed by atoms with Crippen molar-refractivity contribution in [2.45, 2.75) is 45.7 Å². The number of allylic oxidation sites excluding steroid dienone is 1. The fourth-order valence-electron chi connectivity index (χ4n) is 2.20. The molecule has 0 saturated heterocycles. The molecule has 0 heterocycles. The van der Waals surface area contributed by atoms with Gasteiger partial charge < -0.3 is 15.7 Å². The molecule has 0 radical (unpaired) electrons. The minimum absolute atomic E-state index is 0.0537. The highest BCUT2D eigenvalue weighted by atomic mass is 19.1. The zero-order valence-corrected chi connectivity index (χ0v) is 14.5. The molecule has 0 aliphatic rings. The molecule has 0 bridgehead atoms. The Labute approximate surface area is 146 Å². The van der Waals surface area contributed by atoms with Crippen molar-refractivity contribution in [3.8, 4) is 0 Å². The highest BCUT2D eigenvalue weighted by Gasteiger charge is 2.25. The number of amides is 2. The number of halogens is 1. The second kappa shape index (κ2) is 9.56. The second-order valence-electron chi connectivity index (χ2n) is 6.00. The van der Waals surface area contributed by atoms with Crippen molar-refractivity contribution in [1.29, 1.82) is 0 Å². The number of hydrogen-bond acceptors (Lipinski definition) is 3. The largest absolute Gasteiger partial charge is 0.480 e. The van der Waals surface area contributed by atoms with Crippen LogP contribution < -0.4 is 10.6 Å². The minimum Gasteiger partial charge on any atom is -0.480 e. The van der Waals surface area contributed by atoms with E-state index in [4.69, 9.17) is 0 Å². The molecule has 0 aromatic heterocycles. The number of carbonyl (C=O) groups excluding carboxylic acids is 2. The van der Waals surface area contributed by atoms with Crippen LogP contribution in [0.3, 0.4) is 0 Å². The quantitative estimate of drug-likeness (QED) is 0.623. The number of carboxylic acid groups (broad SMARTS) is 1.